The van der Waals surface area contributed by atoms with Crippen LogP contribution in [0.25, 0.3) is 0 Å². The molecule has 2 fully saturated rings. The van der Waals surface area contributed by atoms with E-state index in [-0.39, 0.29) is 23.7 Å². The number of hydrogen-bond acceptors (Lipinski definition) is 5. The second-order valence-electron chi connectivity index (χ2n) is 6.72. The van der Waals surface area contributed by atoms with Crippen LogP contribution in [0.2, 0.25) is 0 Å². The number of esters is 1. The SMILES string of the molecule is CN=C(NCC1CCN(S(C)(=O)=O)C1)N1CC(C)C(C(=O)OC)C1. The van der Waals surface area contributed by atoms with Crippen molar-refractivity contribution in [3.63, 3.8) is 0 Å². The average Bonchev–Trinajstić information content (AvgIpc) is 3.14. The van der Waals surface area contributed by atoms with Gasteiger partial charge in [0.15, 0.2) is 5.96 Å². The van der Waals surface area contributed by atoms with Crippen molar-refractivity contribution in [2.75, 3.05) is 53.1 Å². The van der Waals surface area contributed by atoms with Crippen molar-refractivity contribution in [2.24, 2.45) is 22.7 Å². The van der Waals surface area contributed by atoms with Crippen molar-refractivity contribution in [3.8, 4) is 0 Å². The number of carbonyl (C=O) groups is 1. The summed E-state index contributed by atoms with van der Waals surface area (Å²) in [6.45, 7) is 5.18. The zero-order valence-corrected chi connectivity index (χ0v) is 15.7. The molecular weight excluding hydrogens is 332 g/mol. The number of nitrogens with zero attached hydrogens (tertiary/aromatic N) is 3. The molecule has 0 aromatic heterocycles. The van der Waals surface area contributed by atoms with Crippen LogP contribution in [0.5, 0.6) is 0 Å². The van der Waals surface area contributed by atoms with Gasteiger partial charge in [0.1, 0.15) is 0 Å². The molecule has 2 saturated heterocycles. The molecule has 2 aliphatic rings. The Morgan fingerprint density at radius 2 is 2.04 bits per heavy atom. The number of carbonyl (C=O) groups excluding carboxylic acids is 1. The van der Waals surface area contributed by atoms with E-state index in [1.54, 1.807) is 7.05 Å². The van der Waals surface area contributed by atoms with E-state index >= 15 is 0 Å². The highest BCUT2D eigenvalue weighted by atomic mass is 32.2. The zero-order valence-electron chi connectivity index (χ0n) is 14.9. The van der Waals surface area contributed by atoms with E-state index in [2.05, 4.69) is 15.2 Å². The van der Waals surface area contributed by atoms with E-state index in [0.29, 0.717) is 26.2 Å². The second-order valence-corrected chi connectivity index (χ2v) is 8.70. The summed E-state index contributed by atoms with van der Waals surface area (Å²) in [5, 5.41) is 3.33. The molecule has 0 amide bonds. The normalized spacial score (nSPS) is 29.1. The number of rotatable bonds is 4. The number of aliphatic imine (C=N–C) groups is 1. The first-order valence-corrected chi connectivity index (χ1v) is 10.1. The summed E-state index contributed by atoms with van der Waals surface area (Å²) < 4.78 is 29.5. The summed E-state index contributed by atoms with van der Waals surface area (Å²) in [7, 11) is 0.0245. The fourth-order valence-corrected chi connectivity index (χ4v) is 4.35. The second kappa shape index (κ2) is 7.69. The lowest BCUT2D eigenvalue weighted by molar-refractivity contribution is -0.145. The molecule has 0 saturated carbocycles. The monoisotopic (exact) mass is 360 g/mol. The highest BCUT2D eigenvalue weighted by Gasteiger charge is 2.37. The predicted molar refractivity (Wildman–Crippen MR) is 92.1 cm³/mol. The van der Waals surface area contributed by atoms with E-state index in [1.165, 1.54) is 17.7 Å². The largest absolute Gasteiger partial charge is 0.469 e. The molecule has 0 aromatic carbocycles. The van der Waals surface area contributed by atoms with Crippen molar-refractivity contribution < 1.29 is 17.9 Å². The molecule has 3 atom stereocenters. The van der Waals surface area contributed by atoms with E-state index in [1.807, 2.05) is 6.92 Å². The quantitative estimate of drug-likeness (QED) is 0.416. The molecule has 2 rings (SSSR count). The van der Waals surface area contributed by atoms with E-state index in [0.717, 1.165) is 18.9 Å². The Balaban J connectivity index is 1.87. The summed E-state index contributed by atoms with van der Waals surface area (Å²) in [4.78, 5) is 18.2. The minimum absolute atomic E-state index is 0.138. The lowest BCUT2D eigenvalue weighted by Crippen LogP contribution is -2.43. The van der Waals surface area contributed by atoms with Gasteiger partial charge in [0.25, 0.3) is 0 Å². The summed E-state index contributed by atoms with van der Waals surface area (Å²) in [5.41, 5.74) is 0. The molecule has 2 heterocycles. The first kappa shape index (κ1) is 19.0. The molecule has 9 heteroatoms. The van der Waals surface area contributed by atoms with Gasteiger partial charge < -0.3 is 15.0 Å². The van der Waals surface area contributed by atoms with Crippen LogP contribution in [0, 0.1) is 17.8 Å². The van der Waals surface area contributed by atoms with Gasteiger partial charge in [0, 0.05) is 39.8 Å². The van der Waals surface area contributed by atoms with Gasteiger partial charge in [-0.05, 0) is 18.3 Å². The van der Waals surface area contributed by atoms with Crippen LogP contribution < -0.4 is 5.32 Å². The van der Waals surface area contributed by atoms with Gasteiger partial charge in [-0.3, -0.25) is 9.79 Å². The number of guanidine groups is 1. The molecule has 0 aromatic rings. The first-order valence-electron chi connectivity index (χ1n) is 8.24. The lowest BCUT2D eigenvalue weighted by atomic mass is 9.99. The zero-order chi connectivity index (χ0) is 17.9. The molecular formula is C15H28N4O4S. The number of nitrogens with one attached hydrogen (secondary N) is 1. The molecule has 3 unspecified atom stereocenters. The van der Waals surface area contributed by atoms with Gasteiger partial charge in [-0.15, -0.1) is 0 Å². The average molecular weight is 360 g/mol. The van der Waals surface area contributed by atoms with Gasteiger partial charge in [0.05, 0.1) is 19.3 Å². The molecule has 138 valence electrons. The van der Waals surface area contributed by atoms with Crippen LogP contribution in [-0.2, 0) is 19.6 Å². The molecule has 24 heavy (non-hydrogen) atoms. The number of ether oxygens (including phenoxy) is 1. The fourth-order valence-electron chi connectivity index (χ4n) is 3.43. The van der Waals surface area contributed by atoms with Gasteiger partial charge in [0.2, 0.25) is 10.0 Å². The maximum atomic E-state index is 11.8. The Labute approximate surface area is 144 Å². The van der Waals surface area contributed by atoms with Gasteiger partial charge in [-0.1, -0.05) is 6.92 Å². The Morgan fingerprint density at radius 3 is 2.58 bits per heavy atom. The number of methoxy groups -OCH3 is 1. The smallest absolute Gasteiger partial charge is 0.310 e. The third-order valence-corrected chi connectivity index (χ3v) is 6.16. The van der Waals surface area contributed by atoms with Crippen molar-refractivity contribution >= 4 is 22.0 Å². The molecule has 1 N–H and O–H groups in total. The lowest BCUT2D eigenvalue weighted by Gasteiger charge is -2.23. The van der Waals surface area contributed by atoms with Gasteiger partial charge >= 0.3 is 5.97 Å². The van der Waals surface area contributed by atoms with Crippen molar-refractivity contribution in [1.29, 1.82) is 0 Å². The van der Waals surface area contributed by atoms with Crippen LogP contribution in [-0.4, -0.2) is 82.7 Å². The van der Waals surface area contributed by atoms with Crippen LogP contribution >= 0.6 is 0 Å². The fraction of sp³-hybridized carbons (Fsp3) is 0.867. The minimum Gasteiger partial charge on any atom is -0.469 e. The Bertz CT molecular complexity index is 592. The summed E-state index contributed by atoms with van der Waals surface area (Å²) in [5.74, 6) is 0.919. The standard InChI is InChI=1S/C15H28N4O4S/c1-11-8-18(10-13(11)14(20)23-3)15(16-2)17-7-12-5-6-19(9-12)24(4,21)22/h11-13H,5-10H2,1-4H3,(H,16,17). The first-order chi connectivity index (χ1) is 11.3. The molecule has 0 radical (unpaired) electrons. The summed E-state index contributed by atoms with van der Waals surface area (Å²) in [6.07, 6.45) is 2.10. The topological polar surface area (TPSA) is 91.3 Å². The molecule has 0 spiro atoms. The molecule has 0 aliphatic carbocycles. The summed E-state index contributed by atoms with van der Waals surface area (Å²) in [6, 6.07) is 0. The summed E-state index contributed by atoms with van der Waals surface area (Å²) >= 11 is 0. The van der Waals surface area contributed by atoms with Crippen LogP contribution in [0.4, 0.5) is 0 Å². The highest BCUT2D eigenvalue weighted by molar-refractivity contribution is 7.88. The Morgan fingerprint density at radius 1 is 1.33 bits per heavy atom. The van der Waals surface area contributed by atoms with Crippen LogP contribution in [0.3, 0.4) is 0 Å². The van der Waals surface area contributed by atoms with Crippen molar-refractivity contribution in [3.05, 3.63) is 0 Å². The number of sulfonamides is 1. The third-order valence-electron chi connectivity index (χ3n) is 4.89. The minimum atomic E-state index is -3.11. The van der Waals surface area contributed by atoms with E-state index in [4.69, 9.17) is 4.74 Å². The molecule has 0 bridgehead atoms. The van der Waals surface area contributed by atoms with Crippen molar-refractivity contribution in [1.82, 2.24) is 14.5 Å². The van der Waals surface area contributed by atoms with Gasteiger partial charge in [-0.2, -0.15) is 0 Å². The number of hydrogen-bond donors (Lipinski definition) is 1. The Kier molecular flexibility index (Phi) is 6.08. The predicted octanol–water partition coefficient (Wildman–Crippen LogP) is -0.416. The van der Waals surface area contributed by atoms with E-state index < -0.39 is 10.0 Å². The van der Waals surface area contributed by atoms with Crippen LogP contribution in [0.1, 0.15) is 13.3 Å². The van der Waals surface area contributed by atoms with Crippen LogP contribution in [0.15, 0.2) is 4.99 Å². The van der Waals surface area contributed by atoms with E-state index in [9.17, 15) is 13.2 Å². The molecule has 2 aliphatic heterocycles. The molecule has 8 nitrogen and oxygen atoms in total. The highest BCUT2D eigenvalue weighted by Crippen LogP contribution is 2.24. The Hall–Kier alpha value is -1.35. The maximum absolute atomic E-state index is 11.8. The third kappa shape index (κ3) is 4.38. The van der Waals surface area contributed by atoms with Crippen molar-refractivity contribution in [2.45, 2.75) is 13.3 Å². The van der Waals surface area contributed by atoms with Gasteiger partial charge in [-0.25, -0.2) is 12.7 Å². The number of likely N-dealkylation sites (tertiary alicyclic amines) is 1. The maximum Gasteiger partial charge on any atom is 0.310 e.